The average molecular weight is 441 g/mol. The van der Waals surface area contributed by atoms with E-state index in [4.69, 9.17) is 32.9 Å². The molecule has 3 aromatic rings. The van der Waals surface area contributed by atoms with Crippen LogP contribution >= 0.6 is 23.2 Å². The van der Waals surface area contributed by atoms with Gasteiger partial charge in [0.25, 0.3) is 0 Å². The Balaban J connectivity index is 1.72. The molecule has 0 amide bonds. The normalized spacial score (nSPS) is 18.7. The summed E-state index contributed by atoms with van der Waals surface area (Å²) in [7, 11) is 0. The summed E-state index contributed by atoms with van der Waals surface area (Å²) in [6, 6.07) is 20.5. The zero-order valence-electron chi connectivity index (χ0n) is 16.5. The summed E-state index contributed by atoms with van der Waals surface area (Å²) >= 11 is 12.3. The highest BCUT2D eigenvalue weighted by Gasteiger charge is 2.28. The molecule has 4 nitrogen and oxygen atoms in total. The predicted octanol–water partition coefficient (Wildman–Crippen LogP) is 6.32. The summed E-state index contributed by atoms with van der Waals surface area (Å²) < 4.78 is 5.56. The third-order valence-corrected chi connectivity index (χ3v) is 5.58. The van der Waals surface area contributed by atoms with Crippen LogP contribution in [-0.4, -0.2) is 17.4 Å². The fraction of sp³-hybridized carbons (Fsp3) is 0.208. The molecule has 1 aliphatic heterocycles. The topological polar surface area (TPSA) is 53.8 Å². The van der Waals surface area contributed by atoms with Crippen molar-refractivity contribution >= 4 is 28.9 Å². The minimum atomic E-state index is -0.277. The quantitative estimate of drug-likeness (QED) is 0.487. The van der Waals surface area contributed by atoms with Gasteiger partial charge in [0.2, 0.25) is 0 Å². The Morgan fingerprint density at radius 2 is 1.70 bits per heavy atom. The van der Waals surface area contributed by atoms with Crippen LogP contribution in [0.4, 0.5) is 0 Å². The molecule has 4 rings (SSSR count). The summed E-state index contributed by atoms with van der Waals surface area (Å²) in [5, 5.41) is 15.2. The van der Waals surface area contributed by atoms with E-state index in [-0.39, 0.29) is 18.0 Å². The van der Waals surface area contributed by atoms with Crippen LogP contribution in [0, 0.1) is 0 Å². The fourth-order valence-corrected chi connectivity index (χ4v) is 3.92. The van der Waals surface area contributed by atoms with Crippen LogP contribution in [0.25, 0.3) is 0 Å². The number of phenols is 1. The van der Waals surface area contributed by atoms with Crippen molar-refractivity contribution in [2.24, 2.45) is 4.99 Å². The minimum absolute atomic E-state index is 0.150. The average Bonchev–Trinajstić information content (AvgIpc) is 2.76. The first-order valence-corrected chi connectivity index (χ1v) is 10.6. The van der Waals surface area contributed by atoms with Gasteiger partial charge in [-0.05, 0) is 72.6 Å². The Hall–Kier alpha value is -2.53. The molecule has 0 unspecified atom stereocenters. The second-order valence-corrected chi connectivity index (χ2v) is 7.99. The van der Waals surface area contributed by atoms with Gasteiger partial charge in [-0.15, -0.1) is 0 Å². The van der Waals surface area contributed by atoms with Crippen LogP contribution in [-0.2, 0) is 0 Å². The SMILES string of the molecule is CCOc1ccc(C2=N[C@@H](c3ccc(Cl)cc3)N[C@@H](c3cc(Cl)ccc3O)C2)cc1. The molecule has 0 bridgehead atoms. The van der Waals surface area contributed by atoms with E-state index in [0.29, 0.717) is 23.1 Å². The third-order valence-electron chi connectivity index (χ3n) is 5.09. The molecular weight excluding hydrogens is 419 g/mol. The van der Waals surface area contributed by atoms with Crippen molar-refractivity contribution in [1.82, 2.24) is 5.32 Å². The minimum Gasteiger partial charge on any atom is -0.508 e. The molecule has 0 fully saturated rings. The molecule has 2 N–H and O–H groups in total. The third kappa shape index (κ3) is 4.62. The van der Waals surface area contributed by atoms with E-state index in [1.165, 1.54) is 0 Å². The van der Waals surface area contributed by atoms with E-state index in [1.54, 1.807) is 18.2 Å². The van der Waals surface area contributed by atoms with E-state index in [0.717, 1.165) is 28.2 Å². The van der Waals surface area contributed by atoms with Gasteiger partial charge in [-0.2, -0.15) is 0 Å². The first kappa shape index (κ1) is 20.7. The standard InChI is InChI=1S/C24H22Cl2N2O2/c1-2-30-19-10-5-15(6-11-19)21-14-22(20-13-18(26)9-12-23(20)29)28-24(27-21)16-3-7-17(25)8-4-16/h3-13,22,24,28-29H,2,14H2,1H3/t22-,24-/m1/s1. The van der Waals surface area contributed by atoms with Crippen LogP contribution in [0.5, 0.6) is 11.5 Å². The van der Waals surface area contributed by atoms with Crippen LogP contribution in [0.3, 0.4) is 0 Å². The fourth-order valence-electron chi connectivity index (χ4n) is 3.61. The second kappa shape index (κ2) is 9.09. The number of benzene rings is 3. The largest absolute Gasteiger partial charge is 0.508 e. The Bertz CT molecular complexity index is 1050. The van der Waals surface area contributed by atoms with E-state index < -0.39 is 0 Å². The molecule has 0 aliphatic carbocycles. The summed E-state index contributed by atoms with van der Waals surface area (Å²) in [4.78, 5) is 4.96. The number of phenolic OH excluding ortho intramolecular Hbond substituents is 1. The Morgan fingerprint density at radius 3 is 2.40 bits per heavy atom. The Kier molecular flexibility index (Phi) is 6.28. The van der Waals surface area contributed by atoms with Gasteiger partial charge in [-0.3, -0.25) is 10.3 Å². The lowest BCUT2D eigenvalue weighted by molar-refractivity contribution is 0.340. The van der Waals surface area contributed by atoms with E-state index in [1.807, 2.05) is 55.5 Å². The van der Waals surface area contributed by atoms with Gasteiger partial charge in [0.1, 0.15) is 17.7 Å². The highest BCUT2D eigenvalue weighted by Crippen LogP contribution is 2.36. The first-order chi connectivity index (χ1) is 14.5. The van der Waals surface area contributed by atoms with Crippen LogP contribution in [0.1, 0.15) is 42.2 Å². The first-order valence-electron chi connectivity index (χ1n) is 9.83. The molecule has 0 saturated heterocycles. The zero-order chi connectivity index (χ0) is 21.1. The number of hydrogen-bond donors (Lipinski definition) is 2. The second-order valence-electron chi connectivity index (χ2n) is 7.11. The summed E-state index contributed by atoms with van der Waals surface area (Å²) in [6.45, 7) is 2.59. The van der Waals surface area contributed by atoms with Crippen LogP contribution in [0.2, 0.25) is 10.0 Å². The Morgan fingerprint density at radius 1 is 1.00 bits per heavy atom. The van der Waals surface area contributed by atoms with Gasteiger partial charge >= 0.3 is 0 Å². The van der Waals surface area contributed by atoms with Gasteiger partial charge in [-0.25, -0.2) is 0 Å². The van der Waals surface area contributed by atoms with Gasteiger partial charge in [0.15, 0.2) is 0 Å². The van der Waals surface area contributed by atoms with Gasteiger partial charge in [0, 0.05) is 33.8 Å². The van der Waals surface area contributed by atoms with Crippen LogP contribution in [0.15, 0.2) is 71.7 Å². The molecule has 0 aromatic heterocycles. The highest BCUT2D eigenvalue weighted by atomic mass is 35.5. The van der Waals surface area contributed by atoms with Crippen molar-refractivity contribution in [3.63, 3.8) is 0 Å². The van der Waals surface area contributed by atoms with Crippen molar-refractivity contribution in [3.05, 3.63) is 93.5 Å². The van der Waals surface area contributed by atoms with Gasteiger partial charge < -0.3 is 9.84 Å². The molecule has 0 spiro atoms. The van der Waals surface area contributed by atoms with E-state index in [9.17, 15) is 5.11 Å². The molecule has 0 saturated carbocycles. The van der Waals surface area contributed by atoms with Crippen molar-refractivity contribution < 1.29 is 9.84 Å². The zero-order valence-corrected chi connectivity index (χ0v) is 18.0. The molecular formula is C24H22Cl2N2O2. The monoisotopic (exact) mass is 440 g/mol. The molecule has 0 radical (unpaired) electrons. The van der Waals surface area contributed by atoms with Gasteiger partial charge in [0.05, 0.1) is 6.61 Å². The number of aliphatic imine (C=N–C) groups is 1. The molecule has 1 aliphatic rings. The number of aromatic hydroxyl groups is 1. The van der Waals surface area contributed by atoms with Gasteiger partial charge in [-0.1, -0.05) is 35.3 Å². The maximum absolute atomic E-state index is 10.5. The molecule has 30 heavy (non-hydrogen) atoms. The molecule has 154 valence electrons. The Labute approximate surface area is 186 Å². The summed E-state index contributed by atoms with van der Waals surface area (Å²) in [6.07, 6.45) is 0.340. The molecule has 1 heterocycles. The summed E-state index contributed by atoms with van der Waals surface area (Å²) in [5.74, 6) is 1.04. The van der Waals surface area contributed by atoms with Crippen molar-refractivity contribution in [1.29, 1.82) is 0 Å². The molecule has 2 atom stereocenters. The van der Waals surface area contributed by atoms with Crippen molar-refractivity contribution in [2.75, 3.05) is 6.61 Å². The molecule has 6 heteroatoms. The number of hydrogen-bond acceptors (Lipinski definition) is 4. The molecule has 3 aromatic carbocycles. The number of nitrogens with one attached hydrogen (secondary N) is 1. The highest BCUT2D eigenvalue weighted by molar-refractivity contribution is 6.30. The predicted molar refractivity (Wildman–Crippen MR) is 122 cm³/mol. The van der Waals surface area contributed by atoms with Crippen molar-refractivity contribution in [2.45, 2.75) is 25.6 Å². The maximum Gasteiger partial charge on any atom is 0.126 e. The number of rotatable bonds is 5. The summed E-state index contributed by atoms with van der Waals surface area (Å²) in [5.41, 5.74) is 3.71. The lowest BCUT2D eigenvalue weighted by Crippen LogP contribution is -2.33. The van der Waals surface area contributed by atoms with E-state index in [2.05, 4.69) is 5.32 Å². The smallest absolute Gasteiger partial charge is 0.126 e. The number of ether oxygens (including phenoxy) is 1. The van der Waals surface area contributed by atoms with Crippen LogP contribution < -0.4 is 10.1 Å². The number of halogens is 2. The number of nitrogens with zero attached hydrogens (tertiary/aromatic N) is 1. The lowest BCUT2D eigenvalue weighted by atomic mass is 9.93. The van der Waals surface area contributed by atoms with E-state index >= 15 is 0 Å². The lowest BCUT2D eigenvalue weighted by Gasteiger charge is -2.31. The maximum atomic E-state index is 10.5. The van der Waals surface area contributed by atoms with Crippen molar-refractivity contribution in [3.8, 4) is 11.5 Å².